The molecule has 0 fully saturated rings. The van der Waals surface area contributed by atoms with Crippen LogP contribution in [0.5, 0.6) is 0 Å². The molecular formula is C17H28OSi. The zero-order chi connectivity index (χ0) is 14.1. The van der Waals surface area contributed by atoms with Crippen molar-refractivity contribution < 1.29 is 4.43 Å². The molecule has 2 unspecified atom stereocenters. The molecule has 0 aliphatic heterocycles. The Bertz CT molecular complexity index is 360. The summed E-state index contributed by atoms with van der Waals surface area (Å²) in [5.41, 5.74) is 5.33. The van der Waals surface area contributed by atoms with Gasteiger partial charge in [-0.2, -0.15) is 0 Å². The maximum absolute atomic E-state index is 5.90. The Morgan fingerprint density at radius 2 is 1.68 bits per heavy atom. The summed E-state index contributed by atoms with van der Waals surface area (Å²) in [6.07, 6.45) is 2.45. The van der Waals surface area contributed by atoms with Gasteiger partial charge in [0.1, 0.15) is 0 Å². The summed E-state index contributed by atoms with van der Waals surface area (Å²) in [6.45, 7) is 9.98. The lowest BCUT2D eigenvalue weighted by atomic mass is 9.88. The molecule has 0 heterocycles. The summed E-state index contributed by atoms with van der Waals surface area (Å²) in [5, 5.41) is 0. The molecule has 0 saturated heterocycles. The van der Waals surface area contributed by atoms with Crippen LogP contribution in [0.2, 0.25) is 0 Å². The van der Waals surface area contributed by atoms with Crippen LogP contribution < -0.4 is 0 Å². The van der Waals surface area contributed by atoms with Gasteiger partial charge in [0.25, 0.3) is 0 Å². The highest BCUT2D eigenvalue weighted by atomic mass is 28.2. The zero-order valence-corrected chi connectivity index (χ0v) is 14.3. The first-order valence-corrected chi connectivity index (χ1v) is 8.90. The van der Waals surface area contributed by atoms with Crippen LogP contribution >= 0.6 is 0 Å². The lowest BCUT2D eigenvalue weighted by Gasteiger charge is -2.20. The van der Waals surface area contributed by atoms with E-state index in [0.29, 0.717) is 11.8 Å². The Hall–Kier alpha value is -0.863. The van der Waals surface area contributed by atoms with Gasteiger partial charge in [0, 0.05) is 0 Å². The minimum absolute atomic E-state index is 0.546. The molecule has 0 aromatic heterocycles. The molecule has 106 valence electrons. The van der Waals surface area contributed by atoms with Crippen molar-refractivity contribution in [3.63, 3.8) is 0 Å². The SMILES string of the molecule is CCC(C)C(=C[SiH2]OCc1ccccc1)C(C)CC. The number of rotatable bonds is 8. The Labute approximate surface area is 121 Å². The van der Waals surface area contributed by atoms with E-state index in [1.54, 1.807) is 5.57 Å². The molecule has 0 saturated carbocycles. The molecule has 2 atom stereocenters. The van der Waals surface area contributed by atoms with Crippen LogP contribution in [0.4, 0.5) is 0 Å². The summed E-state index contributed by atoms with van der Waals surface area (Å²) in [5.74, 6) is 1.39. The number of hydrogen-bond donors (Lipinski definition) is 0. The first-order chi connectivity index (χ1) is 9.19. The van der Waals surface area contributed by atoms with Gasteiger partial charge in [-0.25, -0.2) is 0 Å². The second-order valence-corrected chi connectivity index (χ2v) is 6.47. The third kappa shape index (κ3) is 5.75. The van der Waals surface area contributed by atoms with Crippen LogP contribution in [0.15, 0.2) is 41.6 Å². The van der Waals surface area contributed by atoms with Crippen LogP contribution in [0.25, 0.3) is 0 Å². The second kappa shape index (κ2) is 9.11. The van der Waals surface area contributed by atoms with Gasteiger partial charge in [-0.15, -0.1) is 0 Å². The van der Waals surface area contributed by atoms with Crippen molar-refractivity contribution in [3.05, 3.63) is 47.2 Å². The molecule has 0 spiro atoms. The molecule has 0 bridgehead atoms. The van der Waals surface area contributed by atoms with Crippen LogP contribution in [-0.4, -0.2) is 9.76 Å². The monoisotopic (exact) mass is 276 g/mol. The second-order valence-electron chi connectivity index (χ2n) is 5.32. The average molecular weight is 276 g/mol. The van der Waals surface area contributed by atoms with E-state index in [1.807, 2.05) is 6.07 Å². The maximum Gasteiger partial charge on any atom is 0.185 e. The Balaban J connectivity index is 2.47. The summed E-state index contributed by atoms with van der Waals surface area (Å²) in [4.78, 5) is 0. The van der Waals surface area contributed by atoms with Crippen molar-refractivity contribution in [1.82, 2.24) is 0 Å². The highest BCUT2D eigenvalue weighted by Crippen LogP contribution is 2.24. The molecule has 1 nitrogen and oxygen atoms in total. The Morgan fingerprint density at radius 3 is 2.21 bits per heavy atom. The lowest BCUT2D eigenvalue weighted by molar-refractivity contribution is 0.329. The maximum atomic E-state index is 5.90. The van der Waals surface area contributed by atoms with Gasteiger partial charge in [-0.3, -0.25) is 0 Å². The van der Waals surface area contributed by atoms with E-state index in [-0.39, 0.29) is 0 Å². The van der Waals surface area contributed by atoms with Gasteiger partial charge in [0.15, 0.2) is 9.76 Å². The largest absolute Gasteiger partial charge is 0.415 e. The number of benzene rings is 1. The first-order valence-electron chi connectivity index (χ1n) is 7.50. The normalized spacial score (nSPS) is 14.5. The van der Waals surface area contributed by atoms with Crippen molar-refractivity contribution >= 4 is 9.76 Å². The van der Waals surface area contributed by atoms with Gasteiger partial charge in [-0.1, -0.05) is 69.3 Å². The van der Waals surface area contributed by atoms with Gasteiger partial charge >= 0.3 is 0 Å². The first kappa shape index (κ1) is 16.2. The molecule has 0 amide bonds. The molecule has 0 N–H and O–H groups in total. The number of allylic oxidation sites excluding steroid dienone is 1. The van der Waals surface area contributed by atoms with E-state index >= 15 is 0 Å². The van der Waals surface area contributed by atoms with Gasteiger partial charge in [0.2, 0.25) is 0 Å². The molecule has 19 heavy (non-hydrogen) atoms. The van der Waals surface area contributed by atoms with Crippen LogP contribution in [0, 0.1) is 11.8 Å². The molecule has 0 aliphatic rings. The summed E-state index contributed by atoms with van der Waals surface area (Å²) < 4.78 is 5.90. The number of hydrogen-bond acceptors (Lipinski definition) is 1. The van der Waals surface area contributed by atoms with Crippen LogP contribution in [0.1, 0.15) is 46.1 Å². The van der Waals surface area contributed by atoms with E-state index in [0.717, 1.165) is 6.61 Å². The topological polar surface area (TPSA) is 9.23 Å². The fourth-order valence-corrected chi connectivity index (χ4v) is 3.73. The summed E-state index contributed by atoms with van der Waals surface area (Å²) >= 11 is 0. The van der Waals surface area contributed by atoms with E-state index < -0.39 is 9.76 Å². The van der Waals surface area contributed by atoms with E-state index in [2.05, 4.69) is 57.7 Å². The van der Waals surface area contributed by atoms with E-state index in [1.165, 1.54) is 18.4 Å². The molecule has 2 heteroatoms. The van der Waals surface area contributed by atoms with Gasteiger partial charge < -0.3 is 4.43 Å². The van der Waals surface area contributed by atoms with E-state index in [4.69, 9.17) is 4.43 Å². The Morgan fingerprint density at radius 1 is 1.11 bits per heavy atom. The molecule has 0 radical (unpaired) electrons. The minimum Gasteiger partial charge on any atom is -0.415 e. The fourth-order valence-electron chi connectivity index (χ4n) is 2.27. The van der Waals surface area contributed by atoms with Crippen molar-refractivity contribution in [1.29, 1.82) is 0 Å². The minimum atomic E-state index is -0.546. The standard InChI is InChI=1S/C17H28OSi/c1-5-14(3)17(15(4)6-2)13-19-18-12-16-10-8-7-9-11-16/h7-11,13-15H,5-6,12,19H2,1-4H3. The van der Waals surface area contributed by atoms with Gasteiger partial charge in [-0.05, 0) is 30.2 Å². The molecule has 1 rings (SSSR count). The predicted molar refractivity (Wildman–Crippen MR) is 86.8 cm³/mol. The zero-order valence-electron chi connectivity index (χ0n) is 12.9. The summed E-state index contributed by atoms with van der Waals surface area (Å²) in [7, 11) is -0.546. The third-order valence-electron chi connectivity index (χ3n) is 3.91. The summed E-state index contributed by atoms with van der Waals surface area (Å²) in [6, 6.07) is 10.4. The molecule has 1 aromatic carbocycles. The van der Waals surface area contributed by atoms with Crippen LogP contribution in [0.3, 0.4) is 0 Å². The molecule has 1 aromatic rings. The third-order valence-corrected chi connectivity index (χ3v) is 4.99. The highest BCUT2D eigenvalue weighted by molar-refractivity contribution is 6.34. The predicted octanol–water partition coefficient (Wildman–Crippen LogP) is 4.26. The van der Waals surface area contributed by atoms with E-state index in [9.17, 15) is 0 Å². The highest BCUT2D eigenvalue weighted by Gasteiger charge is 2.12. The lowest BCUT2D eigenvalue weighted by Crippen LogP contribution is -2.09. The molecule has 0 aliphatic carbocycles. The Kier molecular flexibility index (Phi) is 7.76. The van der Waals surface area contributed by atoms with Crippen LogP contribution in [-0.2, 0) is 11.0 Å². The van der Waals surface area contributed by atoms with Crippen molar-refractivity contribution in [2.45, 2.75) is 47.1 Å². The van der Waals surface area contributed by atoms with Crippen molar-refractivity contribution in [3.8, 4) is 0 Å². The van der Waals surface area contributed by atoms with Gasteiger partial charge in [0.05, 0.1) is 6.61 Å². The quantitative estimate of drug-likeness (QED) is 0.509. The average Bonchev–Trinajstić information content (AvgIpc) is 2.47. The molecular weight excluding hydrogens is 248 g/mol. The van der Waals surface area contributed by atoms with Crippen molar-refractivity contribution in [2.75, 3.05) is 0 Å². The smallest absolute Gasteiger partial charge is 0.185 e. The fraction of sp³-hybridized carbons (Fsp3) is 0.529. The van der Waals surface area contributed by atoms with Crippen molar-refractivity contribution in [2.24, 2.45) is 11.8 Å².